The van der Waals surface area contributed by atoms with Crippen LogP contribution in [0.15, 0.2) is 29.2 Å². The molecule has 3 aliphatic rings. The fraction of sp³-hybridized carbons (Fsp3) is 0.556. The highest BCUT2D eigenvalue weighted by molar-refractivity contribution is 5.93. The van der Waals surface area contributed by atoms with Crippen LogP contribution in [0.1, 0.15) is 47.8 Å². The zero-order valence-corrected chi connectivity index (χ0v) is 14.3. The first-order chi connectivity index (χ1) is 12.7. The molecule has 2 aromatic rings. The fourth-order valence-corrected chi connectivity index (χ4v) is 3.73. The van der Waals surface area contributed by atoms with Crippen molar-refractivity contribution in [3.63, 3.8) is 0 Å². The van der Waals surface area contributed by atoms with Gasteiger partial charge in [-0.25, -0.2) is 4.98 Å². The number of nitrogens with zero attached hydrogens (tertiary/aromatic N) is 4. The van der Waals surface area contributed by atoms with Crippen molar-refractivity contribution >= 4 is 5.91 Å². The zero-order valence-electron chi connectivity index (χ0n) is 14.3. The van der Waals surface area contributed by atoms with Gasteiger partial charge in [0.05, 0.1) is 25.9 Å². The number of likely N-dealkylation sites (tertiary alicyclic amines) is 1. The van der Waals surface area contributed by atoms with E-state index in [4.69, 9.17) is 14.0 Å². The van der Waals surface area contributed by atoms with Crippen LogP contribution >= 0.6 is 0 Å². The normalized spacial score (nSPS) is 24.3. The first kappa shape index (κ1) is 15.7. The Kier molecular flexibility index (Phi) is 3.66. The fourth-order valence-electron chi connectivity index (χ4n) is 3.73. The van der Waals surface area contributed by atoms with Gasteiger partial charge in [-0.15, -0.1) is 0 Å². The number of carbonyl (C=O) groups excluding carboxylic acids is 1. The van der Waals surface area contributed by atoms with Gasteiger partial charge in [0.15, 0.2) is 5.69 Å². The number of amides is 1. The molecule has 136 valence electrons. The Morgan fingerprint density at radius 3 is 2.92 bits per heavy atom. The average molecular weight is 356 g/mol. The lowest BCUT2D eigenvalue weighted by Crippen LogP contribution is -2.67. The summed E-state index contributed by atoms with van der Waals surface area (Å²) in [6.07, 6.45) is 8.65. The molecule has 2 aliphatic heterocycles. The van der Waals surface area contributed by atoms with Gasteiger partial charge in [0.25, 0.3) is 5.91 Å². The van der Waals surface area contributed by atoms with Gasteiger partial charge in [-0.3, -0.25) is 9.78 Å². The second-order valence-electron chi connectivity index (χ2n) is 7.36. The van der Waals surface area contributed by atoms with Crippen molar-refractivity contribution in [2.24, 2.45) is 0 Å². The Balaban J connectivity index is 1.19. The standard InChI is InChI=1S/C18H20N4O4/c23-17(14-7-15(26-21-14)12-1-2-12)22-10-18(11-22)8-13(3-6-24-18)25-16-9-19-4-5-20-16/h4-5,7,9,12-13H,1-3,6,8,10-11H2/t13-/m0/s1. The van der Waals surface area contributed by atoms with Gasteiger partial charge in [0.2, 0.25) is 5.88 Å². The van der Waals surface area contributed by atoms with Gasteiger partial charge < -0.3 is 18.9 Å². The molecule has 0 bridgehead atoms. The van der Waals surface area contributed by atoms with Gasteiger partial charge in [0, 0.05) is 37.2 Å². The Morgan fingerprint density at radius 1 is 1.27 bits per heavy atom. The Hall–Kier alpha value is -2.48. The number of hydrogen-bond acceptors (Lipinski definition) is 7. The van der Waals surface area contributed by atoms with Crippen molar-refractivity contribution in [1.82, 2.24) is 20.0 Å². The van der Waals surface area contributed by atoms with Crippen molar-refractivity contribution in [3.05, 3.63) is 36.1 Å². The van der Waals surface area contributed by atoms with Crippen LogP contribution in [-0.4, -0.2) is 57.3 Å². The van der Waals surface area contributed by atoms with Crippen LogP contribution in [0.4, 0.5) is 0 Å². The van der Waals surface area contributed by atoms with E-state index >= 15 is 0 Å². The van der Waals surface area contributed by atoms with Crippen molar-refractivity contribution in [3.8, 4) is 5.88 Å². The Bertz CT molecular complexity index is 799. The molecule has 1 spiro atoms. The molecule has 2 saturated heterocycles. The summed E-state index contributed by atoms with van der Waals surface area (Å²) in [6.45, 7) is 1.72. The van der Waals surface area contributed by atoms with Gasteiger partial charge in [-0.1, -0.05) is 5.16 Å². The molecule has 2 aromatic heterocycles. The van der Waals surface area contributed by atoms with Gasteiger partial charge in [-0.2, -0.15) is 0 Å². The van der Waals surface area contributed by atoms with Crippen molar-refractivity contribution in [1.29, 1.82) is 0 Å². The van der Waals surface area contributed by atoms with E-state index in [1.807, 2.05) is 0 Å². The summed E-state index contributed by atoms with van der Waals surface area (Å²) in [5, 5.41) is 3.94. The van der Waals surface area contributed by atoms with E-state index in [0.29, 0.717) is 37.2 Å². The number of ether oxygens (including phenoxy) is 2. The van der Waals surface area contributed by atoms with Crippen molar-refractivity contribution in [2.45, 2.75) is 43.3 Å². The van der Waals surface area contributed by atoms with Crippen molar-refractivity contribution < 1.29 is 18.8 Å². The highest BCUT2D eigenvalue weighted by Crippen LogP contribution is 2.41. The molecule has 1 atom stereocenters. The molecule has 1 aliphatic carbocycles. The number of carbonyl (C=O) groups is 1. The van der Waals surface area contributed by atoms with Crippen LogP contribution in [0.2, 0.25) is 0 Å². The highest BCUT2D eigenvalue weighted by atomic mass is 16.5. The SMILES string of the molecule is O=C(c1cc(C2CC2)on1)N1CC2(C[C@@H](Oc3cnccn3)CCO2)C1. The minimum absolute atomic E-state index is 0.0196. The molecule has 0 N–H and O–H groups in total. The lowest BCUT2D eigenvalue weighted by molar-refractivity contribution is -0.174. The summed E-state index contributed by atoms with van der Waals surface area (Å²) < 4.78 is 17.2. The van der Waals surface area contributed by atoms with E-state index < -0.39 is 0 Å². The maximum atomic E-state index is 12.6. The van der Waals surface area contributed by atoms with Crippen LogP contribution in [0, 0.1) is 0 Å². The van der Waals surface area contributed by atoms with E-state index in [-0.39, 0.29) is 17.6 Å². The van der Waals surface area contributed by atoms with E-state index in [1.54, 1.807) is 29.6 Å². The molecular formula is C18H20N4O4. The third-order valence-electron chi connectivity index (χ3n) is 5.25. The Morgan fingerprint density at radius 2 is 2.15 bits per heavy atom. The topological polar surface area (TPSA) is 90.6 Å². The largest absolute Gasteiger partial charge is 0.473 e. The highest BCUT2D eigenvalue weighted by Gasteiger charge is 2.50. The third kappa shape index (κ3) is 2.94. The molecular weight excluding hydrogens is 336 g/mol. The maximum Gasteiger partial charge on any atom is 0.276 e. The summed E-state index contributed by atoms with van der Waals surface area (Å²) in [4.78, 5) is 22.5. The molecule has 0 unspecified atom stereocenters. The van der Waals surface area contributed by atoms with Crippen LogP contribution in [-0.2, 0) is 4.74 Å². The van der Waals surface area contributed by atoms with Crippen molar-refractivity contribution in [2.75, 3.05) is 19.7 Å². The number of hydrogen-bond donors (Lipinski definition) is 0. The van der Waals surface area contributed by atoms with Crippen LogP contribution in [0.3, 0.4) is 0 Å². The quantitative estimate of drug-likeness (QED) is 0.825. The summed E-state index contributed by atoms with van der Waals surface area (Å²) in [7, 11) is 0. The maximum absolute atomic E-state index is 12.6. The summed E-state index contributed by atoms with van der Waals surface area (Å²) in [5.74, 6) is 1.71. The number of aromatic nitrogens is 3. The summed E-state index contributed by atoms with van der Waals surface area (Å²) in [6, 6.07) is 1.78. The average Bonchev–Trinajstić information content (AvgIpc) is 3.37. The van der Waals surface area contributed by atoms with Crippen LogP contribution in [0.5, 0.6) is 5.88 Å². The molecule has 1 saturated carbocycles. The van der Waals surface area contributed by atoms with Gasteiger partial charge >= 0.3 is 0 Å². The third-order valence-corrected chi connectivity index (χ3v) is 5.25. The monoisotopic (exact) mass is 356 g/mol. The molecule has 8 nitrogen and oxygen atoms in total. The molecule has 0 radical (unpaired) electrons. The predicted octanol–water partition coefficient (Wildman–Crippen LogP) is 1.79. The smallest absolute Gasteiger partial charge is 0.276 e. The lowest BCUT2D eigenvalue weighted by Gasteiger charge is -2.52. The summed E-state index contributed by atoms with van der Waals surface area (Å²) >= 11 is 0. The molecule has 8 heteroatoms. The van der Waals surface area contributed by atoms with E-state index in [0.717, 1.165) is 31.4 Å². The second kappa shape index (κ2) is 6.05. The molecule has 26 heavy (non-hydrogen) atoms. The van der Waals surface area contributed by atoms with Gasteiger partial charge in [-0.05, 0) is 12.8 Å². The van der Waals surface area contributed by atoms with Crippen LogP contribution in [0.25, 0.3) is 0 Å². The van der Waals surface area contributed by atoms with E-state index in [2.05, 4.69) is 15.1 Å². The first-order valence-electron chi connectivity index (χ1n) is 9.03. The molecule has 4 heterocycles. The minimum Gasteiger partial charge on any atom is -0.473 e. The molecule has 3 fully saturated rings. The zero-order chi connectivity index (χ0) is 17.6. The lowest BCUT2D eigenvalue weighted by atomic mass is 9.84. The summed E-state index contributed by atoms with van der Waals surface area (Å²) in [5.41, 5.74) is 0.0639. The predicted molar refractivity (Wildman–Crippen MR) is 88.7 cm³/mol. The number of rotatable bonds is 4. The molecule has 5 rings (SSSR count). The Labute approximate surface area is 150 Å². The first-order valence-corrected chi connectivity index (χ1v) is 9.03. The van der Waals surface area contributed by atoms with Crippen LogP contribution < -0.4 is 4.74 Å². The molecule has 1 amide bonds. The molecule has 0 aromatic carbocycles. The van der Waals surface area contributed by atoms with E-state index in [1.165, 1.54) is 0 Å². The van der Waals surface area contributed by atoms with Gasteiger partial charge in [0.1, 0.15) is 17.5 Å². The minimum atomic E-state index is -0.330. The van der Waals surface area contributed by atoms with E-state index in [9.17, 15) is 4.79 Å². The second-order valence-corrected chi connectivity index (χ2v) is 7.36.